The van der Waals surface area contributed by atoms with E-state index in [2.05, 4.69) is 36.8 Å². The van der Waals surface area contributed by atoms with Crippen molar-refractivity contribution < 1.29 is 0 Å². The predicted octanol–water partition coefficient (Wildman–Crippen LogP) is 2.80. The molecular weight excluding hydrogens is 254 g/mol. The molecule has 0 aromatic carbocycles. The summed E-state index contributed by atoms with van der Waals surface area (Å²) in [5, 5.41) is 0.887. The summed E-state index contributed by atoms with van der Waals surface area (Å²) in [5.41, 5.74) is 1.82. The second kappa shape index (κ2) is 2.94. The van der Waals surface area contributed by atoms with Crippen molar-refractivity contribution in [2.45, 2.75) is 5.33 Å². The van der Waals surface area contributed by atoms with Gasteiger partial charge in [-0.05, 0) is 15.9 Å². The van der Waals surface area contributed by atoms with Crippen LogP contribution in [0.5, 0.6) is 0 Å². The van der Waals surface area contributed by atoms with Gasteiger partial charge in [0.15, 0.2) is 0 Å². The molecule has 0 N–H and O–H groups in total. The molecule has 1 heterocycles. The van der Waals surface area contributed by atoms with Crippen LogP contribution in [0.4, 0.5) is 0 Å². The monoisotopic (exact) mass is 255 g/mol. The van der Waals surface area contributed by atoms with Crippen molar-refractivity contribution in [3.05, 3.63) is 15.0 Å². The van der Waals surface area contributed by atoms with E-state index < -0.39 is 0 Å². The summed E-state index contributed by atoms with van der Waals surface area (Å²) in [6, 6.07) is 0. The maximum absolute atomic E-state index is 3.99. The average molecular weight is 257 g/mol. The van der Waals surface area contributed by atoms with Crippen molar-refractivity contribution in [3.63, 3.8) is 0 Å². The van der Waals surface area contributed by atoms with E-state index in [-0.39, 0.29) is 0 Å². The third kappa shape index (κ3) is 1.30. The third-order valence-electron chi connectivity index (χ3n) is 0.712. The van der Waals surface area contributed by atoms with Crippen LogP contribution in [0.1, 0.15) is 4.88 Å². The van der Waals surface area contributed by atoms with Crippen molar-refractivity contribution in [3.8, 4) is 0 Å². The summed E-state index contributed by atoms with van der Waals surface area (Å²) in [4.78, 5) is 5.23. The number of hydrogen-bond acceptors (Lipinski definition) is 2. The van der Waals surface area contributed by atoms with Gasteiger partial charge < -0.3 is 0 Å². The highest BCUT2D eigenvalue weighted by molar-refractivity contribution is 9.10. The summed E-state index contributed by atoms with van der Waals surface area (Å²) in [5.74, 6) is 0. The minimum absolute atomic E-state index is 0.887. The van der Waals surface area contributed by atoms with Crippen molar-refractivity contribution in [1.82, 2.24) is 4.98 Å². The van der Waals surface area contributed by atoms with Crippen LogP contribution in [0.3, 0.4) is 0 Å². The third-order valence-corrected chi connectivity index (χ3v) is 3.42. The molecule has 0 spiro atoms. The minimum Gasteiger partial charge on any atom is -0.237 e. The van der Waals surface area contributed by atoms with E-state index in [4.69, 9.17) is 0 Å². The predicted molar refractivity (Wildman–Crippen MR) is 42.4 cm³/mol. The molecule has 0 bridgehead atoms. The molecule has 0 aliphatic carbocycles. The second-order valence-corrected chi connectivity index (χ2v) is 3.45. The van der Waals surface area contributed by atoms with E-state index >= 15 is 0 Å². The molecule has 44 valence electrons. The molecule has 1 aromatic rings. The molecule has 1 aromatic heterocycles. The van der Waals surface area contributed by atoms with E-state index in [0.29, 0.717) is 0 Å². The molecule has 0 atom stereocenters. The second-order valence-electron chi connectivity index (χ2n) is 1.20. The van der Waals surface area contributed by atoms with E-state index in [1.165, 1.54) is 4.88 Å². The van der Waals surface area contributed by atoms with Crippen LogP contribution in [-0.4, -0.2) is 4.98 Å². The number of thiazole rings is 1. The Morgan fingerprint density at radius 1 is 1.75 bits per heavy atom. The number of nitrogens with zero attached hydrogens (tertiary/aromatic N) is 1. The lowest BCUT2D eigenvalue weighted by atomic mass is 10.6. The van der Waals surface area contributed by atoms with E-state index in [1.54, 1.807) is 11.3 Å². The van der Waals surface area contributed by atoms with E-state index in [1.807, 2.05) is 5.51 Å². The first-order valence-electron chi connectivity index (χ1n) is 1.98. The first-order chi connectivity index (χ1) is 3.84. The summed E-state index contributed by atoms with van der Waals surface area (Å²) in [7, 11) is 0. The van der Waals surface area contributed by atoms with Crippen molar-refractivity contribution in [2.24, 2.45) is 0 Å². The lowest BCUT2D eigenvalue weighted by Crippen LogP contribution is -1.67. The van der Waals surface area contributed by atoms with Gasteiger partial charge in [-0.15, -0.1) is 11.3 Å². The lowest BCUT2D eigenvalue weighted by Gasteiger charge is -1.82. The van der Waals surface area contributed by atoms with Crippen LogP contribution in [0.25, 0.3) is 0 Å². The molecule has 0 unspecified atom stereocenters. The molecule has 4 heteroatoms. The van der Waals surface area contributed by atoms with Gasteiger partial charge in [-0.25, -0.2) is 4.98 Å². The normalized spacial score (nSPS) is 9.75. The quantitative estimate of drug-likeness (QED) is 0.705. The zero-order valence-electron chi connectivity index (χ0n) is 3.90. The molecule has 0 aliphatic heterocycles. The van der Waals surface area contributed by atoms with Crippen LogP contribution < -0.4 is 0 Å². The van der Waals surface area contributed by atoms with Crippen molar-refractivity contribution in [1.29, 1.82) is 0 Å². The highest BCUT2D eigenvalue weighted by Crippen LogP contribution is 2.21. The van der Waals surface area contributed by atoms with Gasteiger partial charge in [0, 0.05) is 10.2 Å². The van der Waals surface area contributed by atoms with Gasteiger partial charge in [-0.3, -0.25) is 0 Å². The number of halogens is 2. The summed E-state index contributed by atoms with van der Waals surface area (Å²) in [6.07, 6.45) is 0. The van der Waals surface area contributed by atoms with Gasteiger partial charge in [0.2, 0.25) is 0 Å². The van der Waals surface area contributed by atoms with Gasteiger partial charge in [-0.1, -0.05) is 15.9 Å². The minimum atomic E-state index is 0.887. The Hall–Kier alpha value is 0.590. The van der Waals surface area contributed by atoms with Crippen LogP contribution in [0.2, 0.25) is 0 Å². The molecule has 0 amide bonds. The molecular formula is C4H3Br2NS. The van der Waals surface area contributed by atoms with Crippen LogP contribution in [-0.2, 0) is 5.33 Å². The molecule has 0 saturated carbocycles. The number of alkyl halides is 1. The Labute approximate surface area is 68.4 Å². The highest BCUT2D eigenvalue weighted by atomic mass is 79.9. The Balaban J connectivity index is 2.92. The summed E-state index contributed by atoms with van der Waals surface area (Å²) < 4.78 is 0.958. The fourth-order valence-electron chi connectivity index (χ4n) is 0.343. The van der Waals surface area contributed by atoms with Crippen molar-refractivity contribution in [2.75, 3.05) is 0 Å². The molecule has 0 fully saturated rings. The zero-order valence-corrected chi connectivity index (χ0v) is 7.88. The Morgan fingerprint density at radius 2 is 2.50 bits per heavy atom. The number of hydrogen-bond donors (Lipinski definition) is 0. The molecule has 0 aliphatic rings. The highest BCUT2D eigenvalue weighted by Gasteiger charge is 1.97. The van der Waals surface area contributed by atoms with Gasteiger partial charge in [0.05, 0.1) is 5.51 Å². The fourth-order valence-corrected chi connectivity index (χ4v) is 2.54. The SMILES string of the molecule is BrCc1scnc1Br. The Bertz CT molecular complexity index is 174. The van der Waals surface area contributed by atoms with Crippen LogP contribution in [0, 0.1) is 0 Å². The van der Waals surface area contributed by atoms with Gasteiger partial charge in [0.25, 0.3) is 0 Å². The Morgan fingerprint density at radius 3 is 2.75 bits per heavy atom. The first kappa shape index (κ1) is 6.71. The largest absolute Gasteiger partial charge is 0.237 e. The first-order valence-corrected chi connectivity index (χ1v) is 4.78. The number of aromatic nitrogens is 1. The fraction of sp³-hybridized carbons (Fsp3) is 0.250. The van der Waals surface area contributed by atoms with Gasteiger partial charge in [0.1, 0.15) is 4.60 Å². The maximum atomic E-state index is 3.99. The molecule has 8 heavy (non-hydrogen) atoms. The Kier molecular flexibility index (Phi) is 2.46. The molecule has 0 saturated heterocycles. The summed E-state index contributed by atoms with van der Waals surface area (Å²) in [6.45, 7) is 0. The van der Waals surface area contributed by atoms with Crippen molar-refractivity contribution >= 4 is 43.2 Å². The van der Waals surface area contributed by atoms with E-state index in [9.17, 15) is 0 Å². The topological polar surface area (TPSA) is 12.9 Å². The van der Waals surface area contributed by atoms with Gasteiger partial charge in [-0.2, -0.15) is 0 Å². The number of rotatable bonds is 1. The summed E-state index contributed by atoms with van der Waals surface area (Å²) >= 11 is 8.27. The molecule has 1 rings (SSSR count). The lowest BCUT2D eigenvalue weighted by molar-refractivity contribution is 1.32. The van der Waals surface area contributed by atoms with Gasteiger partial charge >= 0.3 is 0 Å². The smallest absolute Gasteiger partial charge is 0.121 e. The molecule has 0 radical (unpaired) electrons. The van der Waals surface area contributed by atoms with Crippen LogP contribution >= 0.6 is 43.2 Å². The standard InChI is InChI=1S/C4H3Br2NS/c5-1-3-4(6)7-2-8-3/h2H,1H2. The molecule has 1 nitrogen and oxygen atoms in total. The zero-order chi connectivity index (χ0) is 5.98. The van der Waals surface area contributed by atoms with Crippen LogP contribution in [0.15, 0.2) is 10.1 Å². The average Bonchev–Trinajstić information content (AvgIpc) is 2.14. The van der Waals surface area contributed by atoms with E-state index in [0.717, 1.165) is 9.93 Å². The maximum Gasteiger partial charge on any atom is 0.121 e.